The Kier molecular flexibility index (Phi) is 1.72. The summed E-state index contributed by atoms with van der Waals surface area (Å²) in [6, 6.07) is 2.72. The van der Waals surface area contributed by atoms with Crippen LogP contribution in [0.1, 0.15) is 5.56 Å². The van der Waals surface area contributed by atoms with Gasteiger partial charge in [0, 0.05) is 6.07 Å². The van der Waals surface area contributed by atoms with Gasteiger partial charge in [0.2, 0.25) is 0 Å². The van der Waals surface area contributed by atoms with Gasteiger partial charge >= 0.3 is 5.56 Å². The predicted octanol–water partition coefficient (Wildman–Crippen LogP) is 0.197. The molecular weight excluding hydrogens is 148 g/mol. The lowest BCUT2D eigenvalue weighted by molar-refractivity contribution is -0.545. The third kappa shape index (κ3) is 1.43. The van der Waals surface area contributed by atoms with Gasteiger partial charge in [0.25, 0.3) is 0 Å². The molecule has 0 fully saturated rings. The van der Waals surface area contributed by atoms with Crippen LogP contribution in [-0.2, 0) is 0 Å². The summed E-state index contributed by atoms with van der Waals surface area (Å²) >= 11 is 0. The fourth-order valence-corrected chi connectivity index (χ4v) is 0.706. The van der Waals surface area contributed by atoms with Crippen molar-refractivity contribution in [3.63, 3.8) is 0 Å². The van der Waals surface area contributed by atoms with Gasteiger partial charge in [0.15, 0.2) is 5.03 Å². The number of rotatable bonds is 1. The molecule has 5 heteroatoms. The largest absolute Gasteiger partial charge is 0.312 e. The molecule has 1 rings (SSSR count). The van der Waals surface area contributed by atoms with Crippen LogP contribution < -0.4 is 5.56 Å². The quantitative estimate of drug-likeness (QED) is 0.428. The van der Waals surface area contributed by atoms with Crippen LogP contribution in [0.4, 0.5) is 0 Å². The van der Waals surface area contributed by atoms with Crippen molar-refractivity contribution in [3.05, 3.63) is 44.4 Å². The van der Waals surface area contributed by atoms with Crippen LogP contribution in [0.15, 0.2) is 23.1 Å². The lowest BCUT2D eigenvalue weighted by Gasteiger charge is -1.92. The van der Waals surface area contributed by atoms with E-state index >= 15 is 0 Å². The fraction of sp³-hybridized carbons (Fsp3) is 0.167. The summed E-state index contributed by atoms with van der Waals surface area (Å²) in [6.07, 6.45) is 1.14. The highest BCUT2D eigenvalue weighted by Gasteiger charge is 2.02. The van der Waals surface area contributed by atoms with E-state index in [1.54, 1.807) is 6.92 Å². The van der Waals surface area contributed by atoms with Crippen molar-refractivity contribution in [2.24, 2.45) is 0 Å². The van der Waals surface area contributed by atoms with E-state index in [2.05, 4.69) is 0 Å². The van der Waals surface area contributed by atoms with Crippen molar-refractivity contribution < 1.29 is 5.03 Å². The van der Waals surface area contributed by atoms with Gasteiger partial charge < -0.3 is 0 Å². The van der Waals surface area contributed by atoms with Crippen molar-refractivity contribution in [3.8, 4) is 0 Å². The molecule has 1 aromatic heterocycles. The summed E-state index contributed by atoms with van der Waals surface area (Å²) in [7, 11) is 0. The Labute approximate surface area is 62.0 Å². The second kappa shape index (κ2) is 2.53. The van der Waals surface area contributed by atoms with Crippen LogP contribution in [0.2, 0.25) is 0 Å². The van der Waals surface area contributed by atoms with Crippen LogP contribution >= 0.6 is 0 Å². The SMILES string of the molecule is Cc1ccn([N+](=O)[O-])c(=O)c1. The highest BCUT2D eigenvalue weighted by Crippen LogP contribution is 1.89. The summed E-state index contributed by atoms with van der Waals surface area (Å²) in [5.74, 6) is 0. The summed E-state index contributed by atoms with van der Waals surface area (Å²) < 4.78 is 0.438. The van der Waals surface area contributed by atoms with Gasteiger partial charge in [0.05, 0.1) is 6.20 Å². The number of nitrogens with zero attached hydrogens (tertiary/aromatic N) is 2. The molecule has 0 bridgehead atoms. The number of pyridine rings is 1. The van der Waals surface area contributed by atoms with Crippen LogP contribution in [0.3, 0.4) is 0 Å². The van der Waals surface area contributed by atoms with Crippen molar-refractivity contribution >= 4 is 0 Å². The molecule has 0 unspecified atom stereocenters. The number of hydrogen-bond acceptors (Lipinski definition) is 3. The summed E-state index contributed by atoms with van der Waals surface area (Å²) in [5, 5.41) is 9.34. The molecule has 0 saturated heterocycles. The smallest absolute Gasteiger partial charge is 0.263 e. The maximum Gasteiger partial charge on any atom is 0.312 e. The van der Waals surface area contributed by atoms with Crippen LogP contribution in [0.25, 0.3) is 0 Å². The Bertz CT molecular complexity index is 342. The van der Waals surface area contributed by atoms with Gasteiger partial charge in [-0.25, -0.2) is 10.1 Å². The standard InChI is InChI=1S/C6H6N2O3/c1-5-2-3-7(8(10)11)6(9)4-5/h2-4H,1H3. The fourth-order valence-electron chi connectivity index (χ4n) is 0.706. The van der Waals surface area contributed by atoms with E-state index in [-0.39, 0.29) is 0 Å². The van der Waals surface area contributed by atoms with E-state index in [1.165, 1.54) is 12.1 Å². The molecule has 0 aliphatic heterocycles. The Balaban J connectivity index is 3.32. The van der Waals surface area contributed by atoms with Crippen LogP contribution in [0.5, 0.6) is 0 Å². The first kappa shape index (κ1) is 7.46. The van der Waals surface area contributed by atoms with Crippen molar-refractivity contribution in [2.45, 2.75) is 6.92 Å². The van der Waals surface area contributed by atoms with E-state index < -0.39 is 10.6 Å². The molecule has 0 saturated carbocycles. The zero-order valence-corrected chi connectivity index (χ0v) is 5.85. The van der Waals surface area contributed by atoms with E-state index in [1.807, 2.05) is 0 Å². The van der Waals surface area contributed by atoms with Crippen LogP contribution in [-0.4, -0.2) is 9.71 Å². The van der Waals surface area contributed by atoms with Gasteiger partial charge in [-0.15, -0.1) is 0 Å². The lowest BCUT2D eigenvalue weighted by atomic mass is 10.3. The number of aryl methyl sites for hydroxylation is 1. The predicted molar refractivity (Wildman–Crippen MR) is 37.8 cm³/mol. The first-order valence-corrected chi connectivity index (χ1v) is 2.95. The average Bonchev–Trinajstić information content (AvgIpc) is 1.85. The summed E-state index contributed by atoms with van der Waals surface area (Å²) in [5.41, 5.74) is 0.100. The second-order valence-corrected chi connectivity index (χ2v) is 2.12. The minimum atomic E-state index is -0.762. The molecule has 0 spiro atoms. The molecule has 1 heterocycles. The molecule has 1 aromatic rings. The number of hydrogen-bond donors (Lipinski definition) is 0. The molecule has 0 aliphatic rings. The minimum Gasteiger partial charge on any atom is -0.263 e. The number of nitro groups is 1. The van der Waals surface area contributed by atoms with Crippen LogP contribution in [0, 0.1) is 17.0 Å². The molecule has 0 aliphatic carbocycles. The second-order valence-electron chi connectivity index (χ2n) is 2.12. The zero-order chi connectivity index (χ0) is 8.43. The molecule has 0 radical (unpaired) electrons. The Morgan fingerprint density at radius 2 is 2.27 bits per heavy atom. The van der Waals surface area contributed by atoms with Gasteiger partial charge in [0.1, 0.15) is 0 Å². The highest BCUT2D eigenvalue weighted by atomic mass is 16.7. The van der Waals surface area contributed by atoms with Gasteiger partial charge in [-0.2, -0.15) is 0 Å². The number of aromatic nitrogens is 1. The topological polar surface area (TPSA) is 65.1 Å². The van der Waals surface area contributed by atoms with Gasteiger partial charge in [-0.05, 0) is 23.2 Å². The van der Waals surface area contributed by atoms with Crippen molar-refractivity contribution in [1.82, 2.24) is 4.68 Å². The third-order valence-electron chi connectivity index (χ3n) is 1.23. The Hall–Kier alpha value is -1.65. The molecule has 5 nitrogen and oxygen atoms in total. The molecule has 0 N–H and O–H groups in total. The maximum atomic E-state index is 10.8. The van der Waals surface area contributed by atoms with Crippen molar-refractivity contribution in [2.75, 3.05) is 0 Å². The first-order chi connectivity index (χ1) is 5.11. The normalized spacial score (nSPS) is 9.55. The van der Waals surface area contributed by atoms with Crippen molar-refractivity contribution in [1.29, 1.82) is 0 Å². The van der Waals surface area contributed by atoms with E-state index in [0.717, 1.165) is 6.20 Å². The van der Waals surface area contributed by atoms with Gasteiger partial charge in [-0.1, -0.05) is 0 Å². The Morgan fingerprint density at radius 1 is 1.64 bits per heavy atom. The zero-order valence-electron chi connectivity index (χ0n) is 5.85. The monoisotopic (exact) mass is 154 g/mol. The van der Waals surface area contributed by atoms with E-state index in [9.17, 15) is 14.9 Å². The minimum absolute atomic E-state index is 0.438. The van der Waals surface area contributed by atoms with Gasteiger partial charge in [-0.3, -0.25) is 4.79 Å². The molecule has 58 valence electrons. The first-order valence-electron chi connectivity index (χ1n) is 2.95. The lowest BCUT2D eigenvalue weighted by Crippen LogP contribution is -2.24. The summed E-state index contributed by atoms with van der Waals surface area (Å²) in [6.45, 7) is 1.70. The van der Waals surface area contributed by atoms with E-state index in [4.69, 9.17) is 0 Å². The van der Waals surface area contributed by atoms with E-state index in [0.29, 0.717) is 10.2 Å². The molecular formula is C6H6N2O3. The molecule has 0 aromatic carbocycles. The average molecular weight is 154 g/mol. The Morgan fingerprint density at radius 3 is 2.73 bits per heavy atom. The third-order valence-corrected chi connectivity index (χ3v) is 1.23. The maximum absolute atomic E-state index is 10.8. The molecule has 0 amide bonds. The highest BCUT2D eigenvalue weighted by molar-refractivity contribution is 5.06. The summed E-state index contributed by atoms with van der Waals surface area (Å²) in [4.78, 5) is 20.9. The molecule has 11 heavy (non-hydrogen) atoms. The molecule has 0 atom stereocenters.